The minimum absolute atomic E-state index is 0.0898. The van der Waals surface area contributed by atoms with Gasteiger partial charge < -0.3 is 10.2 Å². The molecule has 1 heterocycles. The van der Waals surface area contributed by atoms with Crippen LogP contribution in [-0.4, -0.2) is 34.0 Å². The highest BCUT2D eigenvalue weighted by Crippen LogP contribution is 2.38. The van der Waals surface area contributed by atoms with Gasteiger partial charge in [0.15, 0.2) is 0 Å². The first-order valence-electron chi connectivity index (χ1n) is 9.04. The molecule has 1 aromatic carbocycles. The summed E-state index contributed by atoms with van der Waals surface area (Å²) in [5.74, 6) is -0.0209. The van der Waals surface area contributed by atoms with E-state index < -0.39 is 0 Å². The number of rotatable bonds is 4. The van der Waals surface area contributed by atoms with Crippen molar-refractivity contribution in [3.63, 3.8) is 0 Å². The van der Waals surface area contributed by atoms with E-state index >= 15 is 0 Å². The normalized spacial score (nSPS) is 21.0. The minimum atomic E-state index is -0.383. The molecule has 0 bridgehead atoms. The molecule has 0 radical (unpaired) electrons. The molecule has 1 unspecified atom stereocenters. The maximum Gasteiger partial charge on any atom is 0.238 e. The molecule has 1 aliphatic heterocycles. The summed E-state index contributed by atoms with van der Waals surface area (Å²) in [5.41, 5.74) is 0.735. The topological polar surface area (TPSA) is 49.4 Å². The van der Waals surface area contributed by atoms with Crippen LogP contribution in [0.3, 0.4) is 0 Å². The van der Waals surface area contributed by atoms with E-state index in [1.54, 1.807) is 6.07 Å². The fourth-order valence-corrected chi connectivity index (χ4v) is 5.05. The van der Waals surface area contributed by atoms with Crippen LogP contribution in [0, 0.1) is 0 Å². The zero-order chi connectivity index (χ0) is 18.0. The molecular formula is C19H25ClN2O2S. The zero-order valence-corrected chi connectivity index (χ0v) is 16.3. The van der Waals surface area contributed by atoms with Gasteiger partial charge in [0.25, 0.3) is 0 Å². The molecule has 1 aliphatic carbocycles. The fourth-order valence-electron chi connectivity index (χ4n) is 3.79. The minimum Gasteiger partial charge on any atom is -0.337 e. The summed E-state index contributed by atoms with van der Waals surface area (Å²) in [4.78, 5) is 28.4. The van der Waals surface area contributed by atoms with E-state index in [2.05, 4.69) is 19.2 Å². The lowest BCUT2D eigenvalue weighted by molar-refractivity contribution is -0.137. The first-order valence-corrected chi connectivity index (χ1v) is 10.3. The standard InChI is InChI=1S/C19H25ClN2O2S/c1-12(2)22(14-6-4-3-5-7-14)18(23)11-17-19(24)21-15-10-13(20)8-9-16(15)25-17/h8-10,12,14,17H,3-7,11H2,1-2H3,(H,21,24). The van der Waals surface area contributed by atoms with Crippen molar-refractivity contribution >= 4 is 40.9 Å². The lowest BCUT2D eigenvalue weighted by Gasteiger charge is -2.38. The molecule has 1 N–H and O–H groups in total. The van der Waals surface area contributed by atoms with E-state index in [1.807, 2.05) is 17.0 Å². The Balaban J connectivity index is 1.70. The van der Waals surface area contributed by atoms with Crippen LogP contribution in [0.5, 0.6) is 0 Å². The van der Waals surface area contributed by atoms with Crippen LogP contribution in [0.15, 0.2) is 23.1 Å². The number of hydrogen-bond donors (Lipinski definition) is 1. The van der Waals surface area contributed by atoms with E-state index in [1.165, 1.54) is 31.0 Å². The molecule has 136 valence electrons. The van der Waals surface area contributed by atoms with Gasteiger partial charge in [-0.25, -0.2) is 0 Å². The van der Waals surface area contributed by atoms with Crippen LogP contribution in [-0.2, 0) is 9.59 Å². The van der Waals surface area contributed by atoms with Gasteiger partial charge in [-0.05, 0) is 44.9 Å². The van der Waals surface area contributed by atoms with Crippen molar-refractivity contribution < 1.29 is 9.59 Å². The predicted molar refractivity (Wildman–Crippen MR) is 103 cm³/mol. The van der Waals surface area contributed by atoms with Gasteiger partial charge in [0.2, 0.25) is 11.8 Å². The van der Waals surface area contributed by atoms with E-state index in [9.17, 15) is 9.59 Å². The average molecular weight is 381 g/mol. The molecule has 25 heavy (non-hydrogen) atoms. The summed E-state index contributed by atoms with van der Waals surface area (Å²) < 4.78 is 0. The maximum atomic E-state index is 13.0. The van der Waals surface area contributed by atoms with Gasteiger partial charge in [-0.1, -0.05) is 30.9 Å². The molecule has 1 aromatic rings. The second-order valence-electron chi connectivity index (χ2n) is 7.13. The molecular weight excluding hydrogens is 356 g/mol. The van der Waals surface area contributed by atoms with E-state index in [4.69, 9.17) is 11.6 Å². The smallest absolute Gasteiger partial charge is 0.238 e. The van der Waals surface area contributed by atoms with Gasteiger partial charge in [-0.2, -0.15) is 0 Å². The SMILES string of the molecule is CC(C)N(C(=O)CC1Sc2ccc(Cl)cc2NC1=O)C1CCCCC1. The third kappa shape index (κ3) is 4.32. The summed E-state index contributed by atoms with van der Waals surface area (Å²) in [5, 5.41) is 3.10. The van der Waals surface area contributed by atoms with E-state index in [-0.39, 0.29) is 29.5 Å². The van der Waals surface area contributed by atoms with Crippen LogP contribution in [0.1, 0.15) is 52.4 Å². The van der Waals surface area contributed by atoms with Crippen molar-refractivity contribution in [2.45, 2.75) is 74.6 Å². The molecule has 0 aromatic heterocycles. The second kappa shape index (κ2) is 8.00. The molecule has 1 atom stereocenters. The number of nitrogens with zero attached hydrogens (tertiary/aromatic N) is 1. The summed E-state index contributed by atoms with van der Waals surface area (Å²) in [6.07, 6.45) is 6.04. The highest BCUT2D eigenvalue weighted by atomic mass is 35.5. The monoisotopic (exact) mass is 380 g/mol. The number of fused-ring (bicyclic) bond motifs is 1. The number of anilines is 1. The van der Waals surface area contributed by atoms with Crippen molar-refractivity contribution in [3.8, 4) is 0 Å². The molecule has 1 saturated carbocycles. The number of nitrogens with one attached hydrogen (secondary N) is 1. The Hall–Kier alpha value is -1.20. The number of carbonyl (C=O) groups is 2. The number of amides is 2. The Morgan fingerprint density at radius 1 is 1.32 bits per heavy atom. The number of hydrogen-bond acceptors (Lipinski definition) is 3. The van der Waals surface area contributed by atoms with E-state index in [0.29, 0.717) is 11.1 Å². The summed E-state index contributed by atoms with van der Waals surface area (Å²) in [7, 11) is 0. The first kappa shape index (κ1) is 18.6. The van der Waals surface area contributed by atoms with Crippen LogP contribution >= 0.6 is 23.4 Å². The van der Waals surface area contributed by atoms with Gasteiger partial charge in [-0.15, -0.1) is 11.8 Å². The number of halogens is 1. The van der Waals surface area contributed by atoms with Crippen molar-refractivity contribution in [1.29, 1.82) is 0 Å². The molecule has 0 saturated heterocycles. The number of carbonyl (C=O) groups excluding carboxylic acids is 2. The fraction of sp³-hybridized carbons (Fsp3) is 0.579. The first-order chi connectivity index (χ1) is 12.0. The largest absolute Gasteiger partial charge is 0.337 e. The Morgan fingerprint density at radius 3 is 2.72 bits per heavy atom. The average Bonchev–Trinajstić information content (AvgIpc) is 2.56. The van der Waals surface area contributed by atoms with Gasteiger partial charge in [0.1, 0.15) is 0 Å². The van der Waals surface area contributed by atoms with Gasteiger partial charge >= 0.3 is 0 Å². The van der Waals surface area contributed by atoms with Gasteiger partial charge in [0, 0.05) is 28.4 Å². The zero-order valence-electron chi connectivity index (χ0n) is 14.8. The lowest BCUT2D eigenvalue weighted by Crippen LogP contribution is -2.47. The Bertz CT molecular complexity index is 659. The number of thioether (sulfide) groups is 1. The maximum absolute atomic E-state index is 13.0. The molecule has 2 amide bonds. The third-order valence-corrected chi connectivity index (χ3v) is 6.44. The number of benzene rings is 1. The quantitative estimate of drug-likeness (QED) is 0.822. The van der Waals surface area contributed by atoms with Crippen LogP contribution in [0.25, 0.3) is 0 Å². The van der Waals surface area contributed by atoms with Gasteiger partial charge in [0.05, 0.1) is 10.9 Å². The van der Waals surface area contributed by atoms with Crippen molar-refractivity contribution in [1.82, 2.24) is 4.90 Å². The third-order valence-electron chi connectivity index (χ3n) is 4.93. The lowest BCUT2D eigenvalue weighted by atomic mass is 9.93. The Kier molecular flexibility index (Phi) is 5.95. The van der Waals surface area contributed by atoms with Crippen LogP contribution < -0.4 is 5.32 Å². The van der Waals surface area contributed by atoms with Crippen LogP contribution in [0.2, 0.25) is 5.02 Å². The Morgan fingerprint density at radius 2 is 2.04 bits per heavy atom. The highest BCUT2D eigenvalue weighted by molar-refractivity contribution is 8.01. The summed E-state index contributed by atoms with van der Waals surface area (Å²) in [6.45, 7) is 4.13. The van der Waals surface area contributed by atoms with Crippen molar-refractivity contribution in [2.75, 3.05) is 5.32 Å². The molecule has 1 fully saturated rings. The second-order valence-corrected chi connectivity index (χ2v) is 8.81. The predicted octanol–water partition coefficient (Wildman–Crippen LogP) is 4.71. The molecule has 4 nitrogen and oxygen atoms in total. The molecule has 3 rings (SSSR count). The van der Waals surface area contributed by atoms with Crippen molar-refractivity contribution in [3.05, 3.63) is 23.2 Å². The molecule has 0 spiro atoms. The molecule has 6 heteroatoms. The van der Waals surface area contributed by atoms with E-state index in [0.717, 1.165) is 23.4 Å². The summed E-state index contributed by atoms with van der Waals surface area (Å²) in [6, 6.07) is 5.96. The summed E-state index contributed by atoms with van der Waals surface area (Å²) >= 11 is 7.45. The molecule has 2 aliphatic rings. The Labute approximate surface area is 158 Å². The highest BCUT2D eigenvalue weighted by Gasteiger charge is 2.33. The van der Waals surface area contributed by atoms with Crippen molar-refractivity contribution in [2.24, 2.45) is 0 Å². The van der Waals surface area contributed by atoms with Crippen LogP contribution in [0.4, 0.5) is 5.69 Å². The van der Waals surface area contributed by atoms with Gasteiger partial charge in [-0.3, -0.25) is 9.59 Å².